The number of carboxylic acid groups (broad SMARTS) is 1. The second kappa shape index (κ2) is 7.09. The summed E-state index contributed by atoms with van der Waals surface area (Å²) in [7, 11) is 1.76. The summed E-state index contributed by atoms with van der Waals surface area (Å²) in [5.74, 6) is -0.958. The van der Waals surface area contributed by atoms with Gasteiger partial charge in [0.1, 0.15) is 0 Å². The van der Waals surface area contributed by atoms with Crippen LogP contribution in [0.4, 0.5) is 4.79 Å². The molecule has 0 aliphatic heterocycles. The summed E-state index contributed by atoms with van der Waals surface area (Å²) in [5, 5.41) is 13.7. The zero-order valence-corrected chi connectivity index (χ0v) is 13.3. The Labute approximate surface area is 133 Å². The maximum atomic E-state index is 12.2. The number of urea groups is 1. The number of amides is 2. The van der Waals surface area contributed by atoms with E-state index in [-0.39, 0.29) is 17.6 Å². The number of hydrogen-bond donors (Lipinski definition) is 2. The molecule has 2 amide bonds. The van der Waals surface area contributed by atoms with Gasteiger partial charge in [-0.2, -0.15) is 0 Å². The molecule has 0 aliphatic carbocycles. The Kier molecular flexibility index (Phi) is 5.16. The molecule has 0 aliphatic rings. The molecule has 2 rings (SSSR count). The molecular formula is C16H18N2O3S. The molecule has 1 unspecified atom stereocenters. The largest absolute Gasteiger partial charge is 0.478 e. The van der Waals surface area contributed by atoms with Gasteiger partial charge in [0.05, 0.1) is 11.6 Å². The van der Waals surface area contributed by atoms with Gasteiger partial charge in [-0.3, -0.25) is 0 Å². The van der Waals surface area contributed by atoms with E-state index in [4.69, 9.17) is 5.11 Å². The van der Waals surface area contributed by atoms with Crippen LogP contribution >= 0.6 is 11.3 Å². The number of aromatic carboxylic acids is 1. The van der Waals surface area contributed by atoms with Gasteiger partial charge in [-0.25, -0.2) is 9.59 Å². The van der Waals surface area contributed by atoms with Crippen molar-refractivity contribution < 1.29 is 14.7 Å². The van der Waals surface area contributed by atoms with Gasteiger partial charge >= 0.3 is 12.0 Å². The van der Waals surface area contributed by atoms with E-state index in [0.717, 1.165) is 10.4 Å². The molecule has 0 spiro atoms. The van der Waals surface area contributed by atoms with Crippen LogP contribution in [0.5, 0.6) is 0 Å². The van der Waals surface area contributed by atoms with E-state index < -0.39 is 5.97 Å². The molecule has 1 heterocycles. The monoisotopic (exact) mass is 318 g/mol. The van der Waals surface area contributed by atoms with Crippen molar-refractivity contribution in [3.63, 3.8) is 0 Å². The van der Waals surface area contributed by atoms with E-state index in [2.05, 4.69) is 5.32 Å². The number of nitrogens with one attached hydrogen (secondary N) is 1. The number of thiophene rings is 1. The van der Waals surface area contributed by atoms with Crippen molar-refractivity contribution >= 4 is 23.3 Å². The lowest BCUT2D eigenvalue weighted by Crippen LogP contribution is -2.38. The van der Waals surface area contributed by atoms with E-state index in [1.165, 1.54) is 12.1 Å². The molecule has 2 N–H and O–H groups in total. The summed E-state index contributed by atoms with van der Waals surface area (Å²) in [5.41, 5.74) is 1.09. The molecule has 0 radical (unpaired) electrons. The maximum Gasteiger partial charge on any atom is 0.335 e. The van der Waals surface area contributed by atoms with Crippen LogP contribution in [-0.4, -0.2) is 29.1 Å². The summed E-state index contributed by atoms with van der Waals surface area (Å²) in [4.78, 5) is 25.7. The Morgan fingerprint density at radius 1 is 1.27 bits per heavy atom. The van der Waals surface area contributed by atoms with Crippen molar-refractivity contribution in [3.8, 4) is 0 Å². The van der Waals surface area contributed by atoms with E-state index in [9.17, 15) is 9.59 Å². The molecule has 1 aromatic heterocycles. The number of carbonyl (C=O) groups is 2. The van der Waals surface area contributed by atoms with E-state index in [1.807, 2.05) is 24.4 Å². The van der Waals surface area contributed by atoms with Crippen LogP contribution in [0.3, 0.4) is 0 Å². The summed E-state index contributed by atoms with van der Waals surface area (Å²) >= 11 is 1.62. The Balaban J connectivity index is 1.90. The average Bonchev–Trinajstić information content (AvgIpc) is 3.05. The second-order valence-corrected chi connectivity index (χ2v) is 5.94. The third-order valence-corrected chi connectivity index (χ3v) is 4.54. The number of carbonyl (C=O) groups excluding carboxylic acids is 1. The second-order valence-electron chi connectivity index (χ2n) is 4.96. The molecule has 22 heavy (non-hydrogen) atoms. The molecule has 0 bridgehead atoms. The maximum absolute atomic E-state index is 12.2. The van der Waals surface area contributed by atoms with Crippen LogP contribution in [0.1, 0.15) is 33.8 Å². The molecule has 1 aromatic carbocycles. The summed E-state index contributed by atoms with van der Waals surface area (Å²) in [6.45, 7) is 2.34. The lowest BCUT2D eigenvalue weighted by molar-refractivity contribution is 0.0697. The third kappa shape index (κ3) is 3.85. The Morgan fingerprint density at radius 3 is 2.50 bits per heavy atom. The smallest absolute Gasteiger partial charge is 0.335 e. The molecule has 0 saturated heterocycles. The Bertz CT molecular complexity index is 638. The van der Waals surface area contributed by atoms with E-state index in [0.29, 0.717) is 6.54 Å². The van der Waals surface area contributed by atoms with Crippen LogP contribution in [0.15, 0.2) is 41.8 Å². The first-order valence-corrected chi connectivity index (χ1v) is 7.73. The summed E-state index contributed by atoms with van der Waals surface area (Å²) in [6, 6.07) is 10.3. The van der Waals surface area contributed by atoms with Gasteiger partial charge < -0.3 is 15.3 Å². The number of hydrogen-bond acceptors (Lipinski definition) is 3. The first kappa shape index (κ1) is 16.0. The molecule has 6 heteroatoms. The molecule has 1 atom stereocenters. The molecule has 5 nitrogen and oxygen atoms in total. The Morgan fingerprint density at radius 2 is 1.95 bits per heavy atom. The van der Waals surface area contributed by atoms with Crippen molar-refractivity contribution in [3.05, 3.63) is 57.8 Å². The highest BCUT2D eigenvalue weighted by Crippen LogP contribution is 2.23. The van der Waals surface area contributed by atoms with Gasteiger partial charge in [0, 0.05) is 18.5 Å². The molecular weight excluding hydrogens is 300 g/mol. The Hall–Kier alpha value is -2.34. The zero-order chi connectivity index (χ0) is 16.1. The number of benzene rings is 1. The van der Waals surface area contributed by atoms with Crippen LogP contribution < -0.4 is 5.32 Å². The predicted octanol–water partition coefficient (Wildman–Crippen LogP) is 3.35. The summed E-state index contributed by atoms with van der Waals surface area (Å²) in [6.07, 6.45) is 0. The number of rotatable bonds is 5. The number of carboxylic acids is 1. The van der Waals surface area contributed by atoms with Crippen LogP contribution in [-0.2, 0) is 6.54 Å². The quantitative estimate of drug-likeness (QED) is 0.888. The van der Waals surface area contributed by atoms with Gasteiger partial charge in [-0.1, -0.05) is 18.2 Å². The molecule has 116 valence electrons. The highest BCUT2D eigenvalue weighted by Gasteiger charge is 2.17. The fraction of sp³-hybridized carbons (Fsp3) is 0.250. The van der Waals surface area contributed by atoms with Crippen LogP contribution in [0.25, 0.3) is 0 Å². The highest BCUT2D eigenvalue weighted by atomic mass is 32.1. The lowest BCUT2D eigenvalue weighted by atomic mass is 10.1. The molecule has 0 saturated carbocycles. The molecule has 2 aromatic rings. The van der Waals surface area contributed by atoms with Gasteiger partial charge in [-0.15, -0.1) is 11.3 Å². The normalized spacial score (nSPS) is 11.7. The topological polar surface area (TPSA) is 69.6 Å². The number of nitrogens with zero attached hydrogens (tertiary/aromatic N) is 1. The molecule has 0 fully saturated rings. The van der Waals surface area contributed by atoms with Gasteiger partial charge in [-0.05, 0) is 36.1 Å². The van der Waals surface area contributed by atoms with Gasteiger partial charge in [0.15, 0.2) is 0 Å². The van der Waals surface area contributed by atoms with Crippen molar-refractivity contribution in [1.29, 1.82) is 0 Å². The third-order valence-electron chi connectivity index (χ3n) is 3.50. The van der Waals surface area contributed by atoms with Gasteiger partial charge in [0.2, 0.25) is 0 Å². The van der Waals surface area contributed by atoms with Crippen molar-refractivity contribution in [2.24, 2.45) is 0 Å². The first-order chi connectivity index (χ1) is 10.5. The minimum atomic E-state index is -0.958. The van der Waals surface area contributed by atoms with Crippen LogP contribution in [0.2, 0.25) is 0 Å². The van der Waals surface area contributed by atoms with Crippen molar-refractivity contribution in [2.75, 3.05) is 7.05 Å². The standard InChI is InChI=1S/C16H18N2O3S/c1-11(14-4-3-9-22-14)18(2)16(21)17-10-12-5-7-13(8-6-12)15(19)20/h3-9,11H,10H2,1-2H3,(H,17,21)(H,19,20). The minimum absolute atomic E-state index is 0.00869. The fourth-order valence-corrected chi connectivity index (χ4v) is 2.79. The minimum Gasteiger partial charge on any atom is -0.478 e. The van der Waals surface area contributed by atoms with Crippen LogP contribution in [0, 0.1) is 0 Å². The van der Waals surface area contributed by atoms with Crippen molar-refractivity contribution in [1.82, 2.24) is 10.2 Å². The average molecular weight is 318 g/mol. The SMILES string of the molecule is CC(c1cccs1)N(C)C(=O)NCc1ccc(C(=O)O)cc1. The lowest BCUT2D eigenvalue weighted by Gasteiger charge is -2.24. The van der Waals surface area contributed by atoms with E-state index >= 15 is 0 Å². The fourth-order valence-electron chi connectivity index (χ4n) is 1.96. The van der Waals surface area contributed by atoms with E-state index in [1.54, 1.807) is 35.4 Å². The first-order valence-electron chi connectivity index (χ1n) is 6.85. The predicted molar refractivity (Wildman–Crippen MR) is 86.1 cm³/mol. The summed E-state index contributed by atoms with van der Waals surface area (Å²) < 4.78 is 0. The van der Waals surface area contributed by atoms with Gasteiger partial charge in [0.25, 0.3) is 0 Å². The highest BCUT2D eigenvalue weighted by molar-refractivity contribution is 7.10. The van der Waals surface area contributed by atoms with Crippen molar-refractivity contribution in [2.45, 2.75) is 19.5 Å². The zero-order valence-electron chi connectivity index (χ0n) is 12.4.